The van der Waals surface area contributed by atoms with Gasteiger partial charge in [-0.3, -0.25) is 4.79 Å². The number of halogens is 4. The number of carbonyl (C=O) groups excluding carboxylic acids is 1. The number of carbonyl (C=O) groups is 1. The summed E-state index contributed by atoms with van der Waals surface area (Å²) in [5, 5.41) is 0.512. The Hall–Kier alpha value is -1.81. The Bertz CT molecular complexity index is 633. The van der Waals surface area contributed by atoms with Gasteiger partial charge in [0.15, 0.2) is 0 Å². The average molecular weight is 313 g/mol. The number of hydrogen-bond acceptors (Lipinski definition) is 1. The Morgan fingerprint density at radius 1 is 0.952 bits per heavy atom. The van der Waals surface area contributed by atoms with E-state index in [9.17, 15) is 18.0 Å². The van der Waals surface area contributed by atoms with Crippen LogP contribution in [0, 0.1) is 0 Å². The van der Waals surface area contributed by atoms with E-state index in [1.54, 1.807) is 24.3 Å². The standard InChI is InChI=1S/C16H12ClF3O/c17-15-4-2-1-3-12(15)10-14(21)9-11-5-7-13(8-6-11)16(18,19)20/h1-8H,9-10H2. The third kappa shape index (κ3) is 4.33. The van der Waals surface area contributed by atoms with Gasteiger partial charge in [-0.1, -0.05) is 41.9 Å². The van der Waals surface area contributed by atoms with Crippen LogP contribution in [-0.4, -0.2) is 5.78 Å². The summed E-state index contributed by atoms with van der Waals surface area (Å²) in [4.78, 5) is 11.9. The second-order valence-electron chi connectivity index (χ2n) is 4.68. The molecule has 0 spiro atoms. The van der Waals surface area contributed by atoms with Crippen molar-refractivity contribution in [3.05, 3.63) is 70.2 Å². The molecule has 0 saturated heterocycles. The van der Waals surface area contributed by atoms with Gasteiger partial charge >= 0.3 is 6.18 Å². The molecule has 0 saturated carbocycles. The Morgan fingerprint density at radius 2 is 1.57 bits per heavy atom. The first kappa shape index (κ1) is 15.6. The van der Waals surface area contributed by atoms with Crippen LogP contribution >= 0.6 is 11.6 Å². The van der Waals surface area contributed by atoms with Crippen molar-refractivity contribution in [2.45, 2.75) is 19.0 Å². The van der Waals surface area contributed by atoms with E-state index in [1.165, 1.54) is 12.1 Å². The number of rotatable bonds is 4. The Balaban J connectivity index is 2.02. The van der Waals surface area contributed by atoms with Crippen LogP contribution in [0.15, 0.2) is 48.5 Å². The largest absolute Gasteiger partial charge is 0.416 e. The van der Waals surface area contributed by atoms with Gasteiger partial charge in [-0.15, -0.1) is 0 Å². The van der Waals surface area contributed by atoms with Crippen LogP contribution in [0.5, 0.6) is 0 Å². The van der Waals surface area contributed by atoms with Crippen molar-refractivity contribution in [3.63, 3.8) is 0 Å². The summed E-state index contributed by atoms with van der Waals surface area (Å²) < 4.78 is 37.3. The quantitative estimate of drug-likeness (QED) is 0.799. The predicted octanol–water partition coefficient (Wildman–Crippen LogP) is 4.71. The van der Waals surface area contributed by atoms with Crippen molar-refractivity contribution in [1.82, 2.24) is 0 Å². The Labute approximate surface area is 125 Å². The maximum atomic E-state index is 12.4. The summed E-state index contributed by atoms with van der Waals surface area (Å²) >= 11 is 5.97. The molecular weight excluding hydrogens is 301 g/mol. The molecule has 0 N–H and O–H groups in total. The van der Waals surface area contributed by atoms with Crippen molar-refractivity contribution in [3.8, 4) is 0 Å². The maximum Gasteiger partial charge on any atom is 0.416 e. The lowest BCUT2D eigenvalue weighted by molar-refractivity contribution is -0.137. The second kappa shape index (κ2) is 6.31. The van der Waals surface area contributed by atoms with Gasteiger partial charge in [-0.05, 0) is 29.3 Å². The van der Waals surface area contributed by atoms with Gasteiger partial charge in [0, 0.05) is 17.9 Å². The normalized spacial score (nSPS) is 11.4. The number of hydrogen-bond donors (Lipinski definition) is 0. The first-order chi connectivity index (χ1) is 9.86. The highest BCUT2D eigenvalue weighted by molar-refractivity contribution is 6.31. The molecule has 0 heterocycles. The van der Waals surface area contributed by atoms with Crippen LogP contribution in [0.25, 0.3) is 0 Å². The molecule has 2 aromatic rings. The van der Waals surface area contributed by atoms with Crippen LogP contribution in [0.4, 0.5) is 13.2 Å². The van der Waals surface area contributed by atoms with Gasteiger partial charge in [0.2, 0.25) is 0 Å². The molecule has 2 rings (SSSR count). The van der Waals surface area contributed by atoms with Crippen LogP contribution in [0.2, 0.25) is 5.02 Å². The lowest BCUT2D eigenvalue weighted by Gasteiger charge is -2.07. The topological polar surface area (TPSA) is 17.1 Å². The lowest BCUT2D eigenvalue weighted by Crippen LogP contribution is -2.08. The molecule has 0 amide bonds. The monoisotopic (exact) mass is 312 g/mol. The van der Waals surface area contributed by atoms with Crippen LogP contribution in [-0.2, 0) is 23.8 Å². The fourth-order valence-corrected chi connectivity index (χ4v) is 2.16. The highest BCUT2D eigenvalue weighted by atomic mass is 35.5. The van der Waals surface area contributed by atoms with E-state index in [0.717, 1.165) is 17.7 Å². The molecule has 0 fully saturated rings. The molecule has 0 radical (unpaired) electrons. The van der Waals surface area contributed by atoms with Gasteiger partial charge in [0.25, 0.3) is 0 Å². The molecular formula is C16H12ClF3O. The first-order valence-corrected chi connectivity index (χ1v) is 6.65. The number of alkyl halides is 3. The Morgan fingerprint density at radius 3 is 2.14 bits per heavy atom. The third-order valence-corrected chi connectivity index (χ3v) is 3.40. The smallest absolute Gasteiger partial charge is 0.299 e. The molecule has 0 atom stereocenters. The van der Waals surface area contributed by atoms with Crippen molar-refractivity contribution in [2.24, 2.45) is 0 Å². The molecule has 1 nitrogen and oxygen atoms in total. The molecule has 0 unspecified atom stereocenters. The molecule has 5 heteroatoms. The SMILES string of the molecule is O=C(Cc1ccc(C(F)(F)F)cc1)Cc1ccccc1Cl. The average Bonchev–Trinajstić information content (AvgIpc) is 2.41. The third-order valence-electron chi connectivity index (χ3n) is 3.03. The van der Waals surface area contributed by atoms with E-state index < -0.39 is 11.7 Å². The molecule has 21 heavy (non-hydrogen) atoms. The summed E-state index contributed by atoms with van der Waals surface area (Å²) in [6, 6.07) is 11.6. The van der Waals surface area contributed by atoms with Crippen molar-refractivity contribution in [2.75, 3.05) is 0 Å². The summed E-state index contributed by atoms with van der Waals surface area (Å²) in [6.07, 6.45) is -4.11. The number of benzene rings is 2. The van der Waals surface area contributed by atoms with Gasteiger partial charge in [0.05, 0.1) is 5.56 Å². The highest BCUT2D eigenvalue weighted by Gasteiger charge is 2.29. The second-order valence-corrected chi connectivity index (χ2v) is 5.09. The lowest BCUT2D eigenvalue weighted by atomic mass is 10.0. The summed E-state index contributed by atoms with van der Waals surface area (Å²) in [5.74, 6) is -0.0946. The predicted molar refractivity (Wildman–Crippen MR) is 75.3 cm³/mol. The molecule has 0 aliphatic rings. The fraction of sp³-hybridized carbons (Fsp3) is 0.188. The number of Topliss-reactive ketones (excluding diaryl/α,β-unsaturated/α-hetero) is 1. The van der Waals surface area contributed by atoms with Gasteiger partial charge in [0.1, 0.15) is 5.78 Å². The van der Waals surface area contributed by atoms with E-state index in [2.05, 4.69) is 0 Å². The minimum Gasteiger partial charge on any atom is -0.299 e. The van der Waals surface area contributed by atoms with Crippen molar-refractivity contribution < 1.29 is 18.0 Å². The van der Waals surface area contributed by atoms with Crippen LogP contribution < -0.4 is 0 Å². The van der Waals surface area contributed by atoms with E-state index in [4.69, 9.17) is 11.6 Å². The summed E-state index contributed by atoms with van der Waals surface area (Å²) in [6.45, 7) is 0. The zero-order valence-corrected chi connectivity index (χ0v) is 11.7. The van der Waals surface area contributed by atoms with Gasteiger partial charge in [-0.25, -0.2) is 0 Å². The van der Waals surface area contributed by atoms with Gasteiger partial charge in [-0.2, -0.15) is 13.2 Å². The molecule has 2 aromatic carbocycles. The first-order valence-electron chi connectivity index (χ1n) is 6.27. The molecule has 0 bridgehead atoms. The molecule has 0 aromatic heterocycles. The number of ketones is 1. The fourth-order valence-electron chi connectivity index (χ4n) is 1.96. The van der Waals surface area contributed by atoms with Crippen molar-refractivity contribution >= 4 is 17.4 Å². The molecule has 0 aliphatic heterocycles. The van der Waals surface area contributed by atoms with E-state index >= 15 is 0 Å². The Kier molecular flexibility index (Phi) is 4.68. The van der Waals surface area contributed by atoms with Crippen LogP contribution in [0.1, 0.15) is 16.7 Å². The van der Waals surface area contributed by atoms with E-state index in [1.807, 2.05) is 0 Å². The highest BCUT2D eigenvalue weighted by Crippen LogP contribution is 2.29. The summed E-state index contributed by atoms with van der Waals surface area (Å²) in [7, 11) is 0. The zero-order chi connectivity index (χ0) is 15.5. The van der Waals surface area contributed by atoms with Gasteiger partial charge < -0.3 is 0 Å². The molecule has 110 valence electrons. The minimum absolute atomic E-state index is 0.0867. The van der Waals surface area contributed by atoms with Crippen molar-refractivity contribution in [1.29, 1.82) is 0 Å². The van der Waals surface area contributed by atoms with E-state index in [-0.39, 0.29) is 18.6 Å². The molecule has 0 aliphatic carbocycles. The maximum absolute atomic E-state index is 12.4. The summed E-state index contributed by atoms with van der Waals surface area (Å²) in [5.41, 5.74) is 0.556. The van der Waals surface area contributed by atoms with E-state index in [0.29, 0.717) is 10.6 Å². The minimum atomic E-state index is -4.36. The van der Waals surface area contributed by atoms with Crippen LogP contribution in [0.3, 0.4) is 0 Å². The zero-order valence-electron chi connectivity index (χ0n) is 11.0.